The molecule has 1 aromatic rings. The number of nitrogens with one attached hydrogen (secondary N) is 2. The first kappa shape index (κ1) is 6.76. The van der Waals surface area contributed by atoms with Crippen LogP contribution < -0.4 is 10.9 Å². The Morgan fingerprint density at radius 3 is 3.00 bits per heavy atom. The second-order valence-corrected chi connectivity index (χ2v) is 2.77. The maximum Gasteiger partial charge on any atom is 0.0604 e. The molecule has 0 saturated heterocycles. The Balaban J connectivity index is 2.43. The van der Waals surface area contributed by atoms with Crippen molar-refractivity contribution < 1.29 is 0 Å². The Labute approximate surface area is 65.8 Å². The second kappa shape index (κ2) is 2.60. The highest BCUT2D eigenvalue weighted by Gasteiger charge is 2.07. The van der Waals surface area contributed by atoms with Gasteiger partial charge in [0.25, 0.3) is 0 Å². The minimum atomic E-state index is 0.830. The first-order valence-electron chi connectivity index (χ1n) is 3.77. The first-order chi connectivity index (χ1) is 5.36. The van der Waals surface area contributed by atoms with Gasteiger partial charge in [-0.25, -0.2) is 0 Å². The zero-order valence-corrected chi connectivity index (χ0v) is 6.52. The lowest BCUT2D eigenvalue weighted by Crippen LogP contribution is -2.36. The van der Waals surface area contributed by atoms with Gasteiger partial charge in [-0.2, -0.15) is 0 Å². The number of pyridine rings is 1. The molecule has 0 spiro atoms. The summed E-state index contributed by atoms with van der Waals surface area (Å²) in [6, 6.07) is 4.18. The smallest absolute Gasteiger partial charge is 0.0604 e. The van der Waals surface area contributed by atoms with Crippen LogP contribution in [0.25, 0.3) is 0 Å². The molecule has 1 aromatic heterocycles. The van der Waals surface area contributed by atoms with Gasteiger partial charge in [-0.15, -0.1) is 0 Å². The Kier molecular flexibility index (Phi) is 1.60. The van der Waals surface area contributed by atoms with E-state index in [1.54, 1.807) is 0 Å². The highest BCUT2D eigenvalue weighted by molar-refractivity contribution is 5.23. The van der Waals surface area contributed by atoms with Crippen LogP contribution in [0.5, 0.6) is 0 Å². The SMILES string of the molecule is Cc1ccc2c(n1)CNNC2. The summed E-state index contributed by atoms with van der Waals surface area (Å²) in [5.41, 5.74) is 9.69. The van der Waals surface area contributed by atoms with E-state index in [1.807, 2.05) is 13.0 Å². The van der Waals surface area contributed by atoms with Crippen LogP contribution in [0.3, 0.4) is 0 Å². The summed E-state index contributed by atoms with van der Waals surface area (Å²) in [6.07, 6.45) is 0. The molecule has 1 aliphatic heterocycles. The number of nitrogens with zero attached hydrogens (tertiary/aromatic N) is 1. The molecule has 2 rings (SSSR count). The Morgan fingerprint density at radius 2 is 2.09 bits per heavy atom. The lowest BCUT2D eigenvalue weighted by atomic mass is 10.1. The summed E-state index contributed by atoms with van der Waals surface area (Å²) in [7, 11) is 0. The van der Waals surface area contributed by atoms with Crippen molar-refractivity contribution in [3.63, 3.8) is 0 Å². The molecular formula is C8H11N3. The predicted octanol–water partition coefficient (Wildman–Crippen LogP) is 0.498. The molecule has 58 valence electrons. The number of hydrogen-bond acceptors (Lipinski definition) is 3. The van der Waals surface area contributed by atoms with Crippen LogP contribution in [-0.2, 0) is 13.1 Å². The third-order valence-corrected chi connectivity index (χ3v) is 1.87. The molecule has 3 nitrogen and oxygen atoms in total. The molecule has 0 atom stereocenters. The van der Waals surface area contributed by atoms with Crippen molar-refractivity contribution in [1.82, 2.24) is 15.8 Å². The van der Waals surface area contributed by atoms with Crippen LogP contribution in [0.1, 0.15) is 17.0 Å². The highest BCUT2D eigenvalue weighted by atomic mass is 15.4. The van der Waals surface area contributed by atoms with E-state index in [0.29, 0.717) is 0 Å². The van der Waals surface area contributed by atoms with Gasteiger partial charge in [0.15, 0.2) is 0 Å². The molecular weight excluding hydrogens is 138 g/mol. The van der Waals surface area contributed by atoms with Crippen molar-refractivity contribution in [3.8, 4) is 0 Å². The lowest BCUT2D eigenvalue weighted by Gasteiger charge is -2.16. The van der Waals surface area contributed by atoms with E-state index in [1.165, 1.54) is 11.3 Å². The van der Waals surface area contributed by atoms with E-state index in [2.05, 4.69) is 21.9 Å². The number of aryl methyl sites for hydroxylation is 1. The van der Waals surface area contributed by atoms with Crippen LogP contribution >= 0.6 is 0 Å². The minimum absolute atomic E-state index is 0.830. The monoisotopic (exact) mass is 149 g/mol. The molecule has 0 radical (unpaired) electrons. The van der Waals surface area contributed by atoms with Gasteiger partial charge in [-0.05, 0) is 18.6 Å². The fourth-order valence-corrected chi connectivity index (χ4v) is 1.26. The minimum Gasteiger partial charge on any atom is -0.256 e. The van der Waals surface area contributed by atoms with Crippen molar-refractivity contribution >= 4 is 0 Å². The van der Waals surface area contributed by atoms with Crippen LogP contribution in [0.4, 0.5) is 0 Å². The Hall–Kier alpha value is -0.930. The standard InChI is InChI=1S/C8H11N3/c1-6-2-3-7-4-9-10-5-8(7)11-6/h2-3,9-10H,4-5H2,1H3. The third kappa shape index (κ3) is 1.25. The first-order valence-corrected chi connectivity index (χ1v) is 3.77. The van der Waals surface area contributed by atoms with Crippen LogP contribution in [0.15, 0.2) is 12.1 Å². The van der Waals surface area contributed by atoms with Crippen molar-refractivity contribution in [2.24, 2.45) is 0 Å². The highest BCUT2D eigenvalue weighted by Crippen LogP contribution is 2.09. The predicted molar refractivity (Wildman–Crippen MR) is 42.7 cm³/mol. The molecule has 0 unspecified atom stereocenters. The lowest BCUT2D eigenvalue weighted by molar-refractivity contribution is 0.487. The molecule has 0 aromatic carbocycles. The average molecular weight is 149 g/mol. The maximum atomic E-state index is 4.41. The van der Waals surface area contributed by atoms with Crippen LogP contribution in [-0.4, -0.2) is 4.98 Å². The largest absolute Gasteiger partial charge is 0.256 e. The van der Waals surface area contributed by atoms with E-state index in [-0.39, 0.29) is 0 Å². The number of fused-ring (bicyclic) bond motifs is 1. The fourth-order valence-electron chi connectivity index (χ4n) is 1.26. The zero-order valence-electron chi connectivity index (χ0n) is 6.52. The summed E-state index contributed by atoms with van der Waals surface area (Å²) >= 11 is 0. The Bertz CT molecular complexity index is 270. The fraction of sp³-hybridized carbons (Fsp3) is 0.375. The van der Waals surface area contributed by atoms with Crippen molar-refractivity contribution in [2.75, 3.05) is 0 Å². The van der Waals surface area contributed by atoms with E-state index in [9.17, 15) is 0 Å². The van der Waals surface area contributed by atoms with E-state index in [0.717, 1.165) is 18.8 Å². The van der Waals surface area contributed by atoms with Gasteiger partial charge in [0, 0.05) is 12.2 Å². The van der Waals surface area contributed by atoms with Gasteiger partial charge in [-0.3, -0.25) is 15.8 Å². The van der Waals surface area contributed by atoms with Gasteiger partial charge in [-0.1, -0.05) is 6.07 Å². The van der Waals surface area contributed by atoms with E-state index < -0.39 is 0 Å². The van der Waals surface area contributed by atoms with Gasteiger partial charge >= 0.3 is 0 Å². The second-order valence-electron chi connectivity index (χ2n) is 2.77. The summed E-state index contributed by atoms with van der Waals surface area (Å²) in [4.78, 5) is 4.41. The summed E-state index contributed by atoms with van der Waals surface area (Å²) in [5, 5.41) is 0. The molecule has 0 bridgehead atoms. The molecule has 2 heterocycles. The normalized spacial score (nSPS) is 16.1. The molecule has 11 heavy (non-hydrogen) atoms. The van der Waals surface area contributed by atoms with Crippen molar-refractivity contribution in [3.05, 3.63) is 29.1 Å². The van der Waals surface area contributed by atoms with Crippen LogP contribution in [0, 0.1) is 6.92 Å². The van der Waals surface area contributed by atoms with Crippen LogP contribution in [0.2, 0.25) is 0 Å². The molecule has 0 aliphatic carbocycles. The molecule has 0 saturated carbocycles. The number of hydrogen-bond donors (Lipinski definition) is 2. The third-order valence-electron chi connectivity index (χ3n) is 1.87. The van der Waals surface area contributed by atoms with Gasteiger partial charge < -0.3 is 0 Å². The van der Waals surface area contributed by atoms with Gasteiger partial charge in [0.2, 0.25) is 0 Å². The van der Waals surface area contributed by atoms with Gasteiger partial charge in [0.05, 0.1) is 12.2 Å². The molecule has 1 aliphatic rings. The molecule has 0 fully saturated rings. The summed E-state index contributed by atoms with van der Waals surface area (Å²) < 4.78 is 0. The molecule has 2 N–H and O–H groups in total. The van der Waals surface area contributed by atoms with E-state index in [4.69, 9.17) is 0 Å². The number of aromatic nitrogens is 1. The average Bonchev–Trinajstić information content (AvgIpc) is 2.04. The summed E-state index contributed by atoms with van der Waals surface area (Å²) in [6.45, 7) is 3.72. The van der Waals surface area contributed by atoms with Gasteiger partial charge in [0.1, 0.15) is 0 Å². The number of rotatable bonds is 0. The summed E-state index contributed by atoms with van der Waals surface area (Å²) in [5.74, 6) is 0. The quantitative estimate of drug-likeness (QED) is 0.564. The Morgan fingerprint density at radius 1 is 1.27 bits per heavy atom. The van der Waals surface area contributed by atoms with Crippen molar-refractivity contribution in [1.29, 1.82) is 0 Å². The zero-order chi connectivity index (χ0) is 7.68. The van der Waals surface area contributed by atoms with Crippen molar-refractivity contribution in [2.45, 2.75) is 20.0 Å². The topological polar surface area (TPSA) is 37.0 Å². The van der Waals surface area contributed by atoms with E-state index >= 15 is 0 Å². The molecule has 0 amide bonds. The number of hydrazine groups is 1. The maximum absolute atomic E-state index is 4.41. The molecule has 3 heteroatoms.